The third kappa shape index (κ3) is 2.53. The zero-order chi connectivity index (χ0) is 13.9. The molecule has 0 aliphatic carbocycles. The number of anilines is 1. The molecular weight excluding hydrogens is 266 g/mol. The fourth-order valence-corrected chi connectivity index (χ4v) is 3.02. The number of nitrogens with two attached hydrogens (primary N) is 1. The van der Waals surface area contributed by atoms with Crippen LogP contribution in [0.1, 0.15) is 11.3 Å². The van der Waals surface area contributed by atoms with Crippen molar-refractivity contribution >= 4 is 27.9 Å². The van der Waals surface area contributed by atoms with Gasteiger partial charge < -0.3 is 10.6 Å². The highest BCUT2D eigenvalue weighted by Crippen LogP contribution is 2.26. The summed E-state index contributed by atoms with van der Waals surface area (Å²) in [6.07, 6.45) is 0. The number of fused-ring (bicyclic) bond motifs is 1. The van der Waals surface area contributed by atoms with E-state index in [9.17, 15) is 0 Å². The predicted octanol–water partition coefficient (Wildman–Crippen LogP) is 3.39. The van der Waals surface area contributed by atoms with Crippen molar-refractivity contribution in [2.75, 3.05) is 11.9 Å². The average molecular weight is 283 g/mol. The van der Waals surface area contributed by atoms with Crippen LogP contribution in [0.2, 0.25) is 0 Å². The van der Waals surface area contributed by atoms with E-state index in [0.29, 0.717) is 6.54 Å². The molecule has 3 rings (SSSR count). The molecule has 4 heteroatoms. The molecule has 0 fully saturated rings. The molecule has 3 aromatic rings. The van der Waals surface area contributed by atoms with E-state index in [2.05, 4.69) is 47.0 Å². The molecule has 2 heterocycles. The summed E-state index contributed by atoms with van der Waals surface area (Å²) in [6.45, 7) is 1.32. The Morgan fingerprint density at radius 2 is 2.10 bits per heavy atom. The lowest BCUT2D eigenvalue weighted by Crippen LogP contribution is -2.18. The van der Waals surface area contributed by atoms with Crippen LogP contribution in [-0.2, 0) is 13.1 Å². The Bertz CT molecular complexity index is 707. The Hall–Kier alpha value is -1.91. The second-order valence-corrected chi connectivity index (χ2v) is 5.63. The highest BCUT2D eigenvalue weighted by Gasteiger charge is 2.10. The highest BCUT2D eigenvalue weighted by molar-refractivity contribution is 7.07. The van der Waals surface area contributed by atoms with Crippen molar-refractivity contribution in [2.45, 2.75) is 13.1 Å². The molecule has 0 atom stereocenters. The van der Waals surface area contributed by atoms with E-state index in [1.807, 2.05) is 12.1 Å². The van der Waals surface area contributed by atoms with E-state index < -0.39 is 0 Å². The topological polar surface area (TPSA) is 42.2 Å². The Labute approximate surface area is 122 Å². The van der Waals surface area contributed by atoms with Gasteiger partial charge in [-0.2, -0.15) is 11.3 Å². The van der Waals surface area contributed by atoms with E-state index >= 15 is 0 Å². The van der Waals surface area contributed by atoms with Crippen molar-refractivity contribution in [3.8, 4) is 0 Å². The summed E-state index contributed by atoms with van der Waals surface area (Å²) < 4.78 is 0. The van der Waals surface area contributed by atoms with E-state index in [-0.39, 0.29) is 0 Å². The van der Waals surface area contributed by atoms with Gasteiger partial charge in [0.2, 0.25) is 0 Å². The fourth-order valence-electron chi connectivity index (χ4n) is 2.36. The molecule has 0 aliphatic rings. The largest absolute Gasteiger partial charge is 0.355 e. The van der Waals surface area contributed by atoms with Gasteiger partial charge in [-0.25, -0.2) is 4.98 Å². The second-order valence-electron chi connectivity index (χ2n) is 4.85. The lowest BCUT2D eigenvalue weighted by atomic mass is 10.1. The molecule has 2 aromatic heterocycles. The zero-order valence-corrected chi connectivity index (χ0v) is 12.2. The van der Waals surface area contributed by atoms with Gasteiger partial charge >= 0.3 is 0 Å². The van der Waals surface area contributed by atoms with Crippen LogP contribution < -0.4 is 10.6 Å². The minimum absolute atomic E-state index is 0.462. The molecule has 3 nitrogen and oxygen atoms in total. The molecular formula is C16H17N3S. The molecule has 2 N–H and O–H groups in total. The van der Waals surface area contributed by atoms with E-state index in [1.165, 1.54) is 16.3 Å². The number of pyridine rings is 1. The van der Waals surface area contributed by atoms with E-state index in [4.69, 9.17) is 10.7 Å². The van der Waals surface area contributed by atoms with Crippen molar-refractivity contribution in [2.24, 2.45) is 5.73 Å². The lowest BCUT2D eigenvalue weighted by molar-refractivity contribution is 0.889. The van der Waals surface area contributed by atoms with Crippen molar-refractivity contribution in [3.63, 3.8) is 0 Å². The smallest absolute Gasteiger partial charge is 0.136 e. The summed E-state index contributed by atoms with van der Waals surface area (Å²) in [4.78, 5) is 6.89. The molecule has 0 saturated carbocycles. The van der Waals surface area contributed by atoms with Crippen LogP contribution in [0.25, 0.3) is 10.8 Å². The normalized spacial score (nSPS) is 10.9. The summed E-state index contributed by atoms with van der Waals surface area (Å²) in [5.41, 5.74) is 8.00. The van der Waals surface area contributed by atoms with Crippen molar-refractivity contribution < 1.29 is 0 Å². The minimum atomic E-state index is 0.462. The fraction of sp³-hybridized carbons (Fsp3) is 0.188. The summed E-state index contributed by atoms with van der Waals surface area (Å²) in [5.74, 6) is 0.995. The molecule has 0 bridgehead atoms. The molecule has 0 saturated heterocycles. The first-order valence-corrected chi connectivity index (χ1v) is 7.53. The summed E-state index contributed by atoms with van der Waals surface area (Å²) in [7, 11) is 2.08. The lowest BCUT2D eigenvalue weighted by Gasteiger charge is -2.20. The monoisotopic (exact) mass is 283 g/mol. The number of benzene rings is 1. The van der Waals surface area contributed by atoms with Crippen molar-refractivity contribution in [1.82, 2.24) is 4.98 Å². The van der Waals surface area contributed by atoms with Gasteiger partial charge in [0.25, 0.3) is 0 Å². The third-order valence-corrected chi connectivity index (χ3v) is 4.08. The predicted molar refractivity (Wildman–Crippen MR) is 86.1 cm³/mol. The molecule has 0 spiro atoms. The van der Waals surface area contributed by atoms with Crippen LogP contribution in [0.3, 0.4) is 0 Å². The number of nitrogens with zero attached hydrogens (tertiary/aromatic N) is 2. The van der Waals surface area contributed by atoms with Gasteiger partial charge in [0.1, 0.15) is 5.82 Å². The van der Waals surface area contributed by atoms with E-state index in [0.717, 1.165) is 18.1 Å². The molecule has 0 aliphatic heterocycles. The molecule has 0 radical (unpaired) electrons. The summed E-state index contributed by atoms with van der Waals surface area (Å²) >= 11 is 1.72. The van der Waals surface area contributed by atoms with Crippen LogP contribution in [0.5, 0.6) is 0 Å². The summed E-state index contributed by atoms with van der Waals surface area (Å²) in [6, 6.07) is 12.5. The molecule has 102 valence electrons. The first-order valence-electron chi connectivity index (χ1n) is 6.59. The Kier molecular flexibility index (Phi) is 3.67. The highest BCUT2D eigenvalue weighted by atomic mass is 32.1. The number of thiophene rings is 1. The summed E-state index contributed by atoms with van der Waals surface area (Å²) in [5, 5.41) is 6.63. The van der Waals surface area contributed by atoms with Crippen molar-refractivity contribution in [3.05, 3.63) is 58.4 Å². The van der Waals surface area contributed by atoms with Crippen LogP contribution in [0, 0.1) is 0 Å². The number of hydrogen-bond donors (Lipinski definition) is 1. The van der Waals surface area contributed by atoms with Crippen molar-refractivity contribution in [1.29, 1.82) is 0 Å². The van der Waals surface area contributed by atoms with Crippen LogP contribution >= 0.6 is 11.3 Å². The molecule has 0 unspecified atom stereocenters. The van der Waals surface area contributed by atoms with Gasteiger partial charge in [-0.1, -0.05) is 24.3 Å². The minimum Gasteiger partial charge on any atom is -0.355 e. The maximum Gasteiger partial charge on any atom is 0.136 e. The van der Waals surface area contributed by atoms with Gasteiger partial charge in [-0.15, -0.1) is 0 Å². The average Bonchev–Trinajstić information content (AvgIpc) is 2.98. The maximum absolute atomic E-state index is 5.77. The van der Waals surface area contributed by atoms with Crippen LogP contribution in [-0.4, -0.2) is 12.0 Å². The van der Waals surface area contributed by atoms with Gasteiger partial charge in [0.15, 0.2) is 0 Å². The SMILES string of the molecule is CN(Cc1ccsc1)c1nc(CN)cc2ccccc12. The van der Waals surface area contributed by atoms with Gasteiger partial charge in [0.05, 0.1) is 5.69 Å². The Morgan fingerprint density at radius 1 is 1.25 bits per heavy atom. The van der Waals surface area contributed by atoms with Gasteiger partial charge in [-0.3, -0.25) is 0 Å². The van der Waals surface area contributed by atoms with Crippen LogP contribution in [0.4, 0.5) is 5.82 Å². The third-order valence-electron chi connectivity index (χ3n) is 3.34. The first kappa shape index (κ1) is 13.1. The number of rotatable bonds is 4. The number of aromatic nitrogens is 1. The van der Waals surface area contributed by atoms with E-state index in [1.54, 1.807) is 11.3 Å². The quantitative estimate of drug-likeness (QED) is 0.798. The Balaban J connectivity index is 2.04. The standard InChI is InChI=1S/C16H17N3S/c1-19(10-12-6-7-20-11-12)16-15-5-3-2-4-13(15)8-14(9-17)18-16/h2-8,11H,9-10,17H2,1H3. The first-order chi connectivity index (χ1) is 9.78. The molecule has 1 aromatic carbocycles. The van der Waals surface area contributed by atoms with Gasteiger partial charge in [-0.05, 0) is 33.8 Å². The zero-order valence-electron chi connectivity index (χ0n) is 11.4. The number of hydrogen-bond acceptors (Lipinski definition) is 4. The molecule has 20 heavy (non-hydrogen) atoms. The second kappa shape index (κ2) is 5.61. The molecule has 0 amide bonds. The van der Waals surface area contributed by atoms with Crippen LogP contribution in [0.15, 0.2) is 47.2 Å². The Morgan fingerprint density at radius 3 is 2.85 bits per heavy atom. The maximum atomic E-state index is 5.77. The van der Waals surface area contributed by atoms with Gasteiger partial charge in [0, 0.05) is 25.5 Å².